The van der Waals surface area contributed by atoms with Crippen molar-refractivity contribution in [2.75, 3.05) is 17.4 Å². The summed E-state index contributed by atoms with van der Waals surface area (Å²) in [6.07, 6.45) is 1.83. The molecule has 4 rings (SSSR count). The number of benzene rings is 4. The molecule has 0 radical (unpaired) electrons. The van der Waals surface area contributed by atoms with E-state index in [2.05, 4.69) is 5.32 Å². The number of unbranched alkanes of at least 4 members (excludes halogenated alkanes) is 1. The molecule has 1 N–H and O–H groups in total. The number of amides is 2. The topological polar surface area (TPSA) is 86.8 Å². The summed E-state index contributed by atoms with van der Waals surface area (Å²) < 4.78 is 43.0. The van der Waals surface area contributed by atoms with E-state index in [1.165, 1.54) is 41.3 Å². The molecule has 4 aromatic carbocycles. The first kappa shape index (κ1) is 33.7. The normalized spacial score (nSPS) is 11.9. The van der Waals surface area contributed by atoms with Crippen molar-refractivity contribution in [3.8, 4) is 0 Å². The summed E-state index contributed by atoms with van der Waals surface area (Å²) in [5, 5.41) is 3.32. The van der Waals surface area contributed by atoms with Crippen LogP contribution in [0, 0.1) is 12.7 Å². The summed E-state index contributed by atoms with van der Waals surface area (Å²) in [5.41, 5.74) is 2.52. The largest absolute Gasteiger partial charge is 0.354 e. The Balaban J connectivity index is 1.78. The van der Waals surface area contributed by atoms with Crippen LogP contribution < -0.4 is 9.62 Å². The number of sulfonamides is 1. The lowest BCUT2D eigenvalue weighted by atomic mass is 10.0. The summed E-state index contributed by atoms with van der Waals surface area (Å²) in [5.74, 6) is -1.38. The number of rotatable bonds is 14. The molecule has 0 aliphatic heterocycles. The Labute approximate surface area is 269 Å². The molecule has 7 nitrogen and oxygen atoms in total. The molecule has 4 aromatic rings. The van der Waals surface area contributed by atoms with E-state index in [4.69, 9.17) is 11.6 Å². The van der Waals surface area contributed by atoms with Crippen LogP contribution in [0.3, 0.4) is 0 Å². The van der Waals surface area contributed by atoms with Gasteiger partial charge in [0, 0.05) is 24.5 Å². The highest BCUT2D eigenvalue weighted by Gasteiger charge is 2.34. The lowest BCUT2D eigenvalue weighted by Crippen LogP contribution is -2.53. The third-order valence-electron chi connectivity index (χ3n) is 7.34. The maximum absolute atomic E-state index is 14.4. The fourth-order valence-electron chi connectivity index (χ4n) is 4.89. The lowest BCUT2D eigenvalue weighted by molar-refractivity contribution is -0.140. The second kappa shape index (κ2) is 15.7. The first-order chi connectivity index (χ1) is 21.6. The fraction of sp³-hybridized carbons (Fsp3) is 0.257. The quantitative estimate of drug-likeness (QED) is 0.157. The van der Waals surface area contributed by atoms with Gasteiger partial charge in [0.15, 0.2) is 0 Å². The zero-order valence-electron chi connectivity index (χ0n) is 25.3. The van der Waals surface area contributed by atoms with Crippen LogP contribution in [0.4, 0.5) is 10.1 Å². The predicted molar refractivity (Wildman–Crippen MR) is 176 cm³/mol. The predicted octanol–water partition coefficient (Wildman–Crippen LogP) is 6.54. The van der Waals surface area contributed by atoms with E-state index in [1.807, 2.05) is 50.2 Å². The van der Waals surface area contributed by atoms with E-state index >= 15 is 0 Å². The summed E-state index contributed by atoms with van der Waals surface area (Å²) >= 11 is 6.04. The molecule has 0 unspecified atom stereocenters. The fourth-order valence-corrected chi connectivity index (χ4v) is 6.42. The van der Waals surface area contributed by atoms with Crippen molar-refractivity contribution in [3.63, 3.8) is 0 Å². The number of nitrogens with zero attached hydrogens (tertiary/aromatic N) is 2. The number of halogens is 2. The average molecular weight is 650 g/mol. The van der Waals surface area contributed by atoms with Crippen molar-refractivity contribution >= 4 is 39.1 Å². The molecule has 1 atom stereocenters. The Morgan fingerprint density at radius 3 is 2.22 bits per heavy atom. The zero-order valence-corrected chi connectivity index (χ0v) is 26.9. The highest BCUT2D eigenvalue weighted by Crippen LogP contribution is 2.27. The van der Waals surface area contributed by atoms with Crippen LogP contribution in [0.2, 0.25) is 5.02 Å². The molecule has 0 bridgehead atoms. The van der Waals surface area contributed by atoms with E-state index in [1.54, 1.807) is 30.3 Å². The Morgan fingerprint density at radius 1 is 0.889 bits per heavy atom. The molecule has 2 amide bonds. The van der Waals surface area contributed by atoms with Crippen molar-refractivity contribution in [1.29, 1.82) is 0 Å². The number of nitrogens with one attached hydrogen (secondary N) is 1. The Kier molecular flexibility index (Phi) is 11.7. The third-order valence-corrected chi connectivity index (χ3v) is 9.38. The molecular weight excluding hydrogens is 613 g/mol. The highest BCUT2D eigenvalue weighted by molar-refractivity contribution is 7.92. The van der Waals surface area contributed by atoms with Gasteiger partial charge in [-0.3, -0.25) is 13.9 Å². The van der Waals surface area contributed by atoms with Gasteiger partial charge in [0.1, 0.15) is 18.4 Å². The number of hydrogen-bond donors (Lipinski definition) is 1. The monoisotopic (exact) mass is 649 g/mol. The van der Waals surface area contributed by atoms with Crippen LogP contribution >= 0.6 is 11.6 Å². The molecule has 0 saturated heterocycles. The zero-order chi connectivity index (χ0) is 32.4. The maximum atomic E-state index is 14.4. The number of anilines is 1. The van der Waals surface area contributed by atoms with Crippen molar-refractivity contribution in [2.45, 2.75) is 50.6 Å². The molecular formula is C35H37ClFN3O4S. The SMILES string of the molecule is CCCCNC(=O)[C@@H](Cc1ccccc1)N(Cc1ccc(F)cc1)C(=O)CN(c1cccc(C)c1)S(=O)(=O)c1ccc(Cl)cc1. The van der Waals surface area contributed by atoms with Gasteiger partial charge < -0.3 is 10.2 Å². The number of carbonyl (C=O) groups excluding carboxylic acids is 2. The average Bonchev–Trinajstić information content (AvgIpc) is 3.03. The standard InChI is InChI=1S/C35H37ClFN3O4S/c1-3-4-21-38-35(42)33(23-27-10-6-5-7-11-27)39(24-28-13-17-30(37)18-14-28)34(41)25-40(31-12-8-9-26(2)22-31)45(43,44)32-19-15-29(36)16-20-32/h5-20,22,33H,3-4,21,23-25H2,1-2H3,(H,38,42)/t33-/m1/s1. The number of aryl methyl sites for hydroxylation is 1. The molecule has 10 heteroatoms. The van der Waals surface area contributed by atoms with E-state index in [9.17, 15) is 22.4 Å². The van der Waals surface area contributed by atoms with Crippen LogP contribution in [0.25, 0.3) is 0 Å². The molecule has 0 aromatic heterocycles. The second-order valence-electron chi connectivity index (χ2n) is 10.8. The highest BCUT2D eigenvalue weighted by atomic mass is 35.5. The smallest absolute Gasteiger partial charge is 0.264 e. The van der Waals surface area contributed by atoms with Gasteiger partial charge in [-0.1, -0.05) is 79.5 Å². The minimum Gasteiger partial charge on any atom is -0.354 e. The van der Waals surface area contributed by atoms with Crippen molar-refractivity contribution in [2.24, 2.45) is 0 Å². The molecule has 0 spiro atoms. The minimum absolute atomic E-state index is 0.0376. The number of carbonyl (C=O) groups is 2. The Hall–Kier alpha value is -4.21. The molecule has 0 heterocycles. The van der Waals surface area contributed by atoms with Gasteiger partial charge in [-0.2, -0.15) is 0 Å². The molecule has 236 valence electrons. The van der Waals surface area contributed by atoms with Crippen LogP contribution in [-0.4, -0.2) is 44.3 Å². The number of hydrogen-bond acceptors (Lipinski definition) is 4. The first-order valence-corrected chi connectivity index (χ1v) is 16.6. The molecule has 0 fully saturated rings. The van der Waals surface area contributed by atoms with E-state index in [-0.39, 0.29) is 23.8 Å². The molecule has 0 aliphatic carbocycles. The van der Waals surface area contributed by atoms with Gasteiger partial charge in [-0.25, -0.2) is 12.8 Å². The second-order valence-corrected chi connectivity index (χ2v) is 13.1. The van der Waals surface area contributed by atoms with E-state index < -0.39 is 34.3 Å². The van der Waals surface area contributed by atoms with E-state index in [0.29, 0.717) is 22.8 Å². The van der Waals surface area contributed by atoms with Crippen LogP contribution in [-0.2, 0) is 32.6 Å². The van der Waals surface area contributed by atoms with Crippen molar-refractivity contribution < 1.29 is 22.4 Å². The van der Waals surface area contributed by atoms with Gasteiger partial charge in [0.05, 0.1) is 10.6 Å². The van der Waals surface area contributed by atoms with Gasteiger partial charge in [0.25, 0.3) is 10.0 Å². The van der Waals surface area contributed by atoms with Crippen LogP contribution in [0.5, 0.6) is 0 Å². The maximum Gasteiger partial charge on any atom is 0.264 e. The van der Waals surface area contributed by atoms with Gasteiger partial charge >= 0.3 is 0 Å². The minimum atomic E-state index is -4.24. The van der Waals surface area contributed by atoms with Crippen molar-refractivity contribution in [3.05, 3.63) is 131 Å². The summed E-state index contributed by atoms with van der Waals surface area (Å²) in [4.78, 5) is 29.5. The van der Waals surface area contributed by atoms with Gasteiger partial charge in [0.2, 0.25) is 11.8 Å². The summed E-state index contributed by atoms with van der Waals surface area (Å²) in [6, 6.07) is 26.6. The molecule has 45 heavy (non-hydrogen) atoms. The Morgan fingerprint density at radius 2 is 1.58 bits per heavy atom. The van der Waals surface area contributed by atoms with Crippen LogP contribution in [0.1, 0.15) is 36.5 Å². The van der Waals surface area contributed by atoms with E-state index in [0.717, 1.165) is 28.3 Å². The third kappa shape index (κ3) is 9.15. The van der Waals surface area contributed by atoms with Crippen LogP contribution in [0.15, 0.2) is 108 Å². The van der Waals surface area contributed by atoms with Gasteiger partial charge in [-0.05, 0) is 78.6 Å². The Bertz CT molecular complexity index is 1680. The summed E-state index contributed by atoms with van der Waals surface area (Å²) in [7, 11) is -4.24. The molecule has 0 saturated carbocycles. The van der Waals surface area contributed by atoms with Crippen molar-refractivity contribution in [1.82, 2.24) is 10.2 Å². The first-order valence-electron chi connectivity index (χ1n) is 14.8. The summed E-state index contributed by atoms with van der Waals surface area (Å²) in [6.45, 7) is 3.65. The molecule has 0 aliphatic rings. The van der Waals surface area contributed by atoms with Gasteiger partial charge in [-0.15, -0.1) is 0 Å². The lowest BCUT2D eigenvalue weighted by Gasteiger charge is -2.34.